The fraction of sp³-hybridized carbons (Fsp3) is 0.545. The van der Waals surface area contributed by atoms with Gasteiger partial charge in [-0.05, 0) is 6.92 Å². The second-order valence-electron chi connectivity index (χ2n) is 4.14. The molecule has 2 amide bonds. The lowest BCUT2D eigenvalue weighted by Crippen LogP contribution is -2.32. The van der Waals surface area contributed by atoms with E-state index in [1.165, 1.54) is 7.05 Å². The molecular weight excluding hydrogens is 264 g/mol. The number of aromatic nitrogens is 3. The van der Waals surface area contributed by atoms with Crippen LogP contribution in [0.3, 0.4) is 0 Å². The maximum atomic E-state index is 11.8. The van der Waals surface area contributed by atoms with Gasteiger partial charge in [0.25, 0.3) is 5.91 Å². The number of amides is 2. The van der Waals surface area contributed by atoms with Crippen molar-refractivity contribution in [1.29, 1.82) is 0 Å². The molecule has 9 nitrogen and oxygen atoms in total. The van der Waals surface area contributed by atoms with E-state index in [0.29, 0.717) is 12.6 Å². The third-order valence-corrected chi connectivity index (χ3v) is 2.80. The van der Waals surface area contributed by atoms with Crippen molar-refractivity contribution in [2.45, 2.75) is 19.4 Å². The van der Waals surface area contributed by atoms with Crippen molar-refractivity contribution in [3.05, 3.63) is 0 Å². The molecule has 0 spiro atoms. The van der Waals surface area contributed by atoms with E-state index in [1.807, 2.05) is 6.92 Å². The molecule has 1 fully saturated rings. The Bertz CT molecular complexity index is 535. The predicted molar refractivity (Wildman–Crippen MR) is 70.3 cm³/mol. The van der Waals surface area contributed by atoms with E-state index in [-0.39, 0.29) is 30.2 Å². The highest BCUT2D eigenvalue weighted by molar-refractivity contribution is 6.06. The lowest BCUT2D eigenvalue weighted by molar-refractivity contribution is -0.136. The second kappa shape index (κ2) is 5.68. The fourth-order valence-corrected chi connectivity index (χ4v) is 1.75. The molecule has 1 saturated heterocycles. The molecule has 1 unspecified atom stereocenters. The van der Waals surface area contributed by atoms with Crippen molar-refractivity contribution in [2.75, 3.05) is 31.3 Å². The number of imide groups is 1. The van der Waals surface area contributed by atoms with Crippen molar-refractivity contribution in [3.63, 3.8) is 0 Å². The first-order valence-electron chi connectivity index (χ1n) is 6.18. The molecule has 2 heterocycles. The van der Waals surface area contributed by atoms with E-state index >= 15 is 0 Å². The molecule has 0 bridgehead atoms. The van der Waals surface area contributed by atoms with Crippen LogP contribution in [0, 0.1) is 0 Å². The van der Waals surface area contributed by atoms with Gasteiger partial charge in [0.2, 0.25) is 17.8 Å². The Hall–Kier alpha value is -2.45. The Labute approximate surface area is 115 Å². The average molecular weight is 280 g/mol. The number of anilines is 2. The zero-order valence-corrected chi connectivity index (χ0v) is 11.5. The molecule has 1 atom stereocenters. The first-order valence-corrected chi connectivity index (χ1v) is 6.18. The van der Waals surface area contributed by atoms with Crippen molar-refractivity contribution in [3.8, 4) is 6.01 Å². The van der Waals surface area contributed by atoms with E-state index in [0.717, 1.165) is 4.90 Å². The largest absolute Gasteiger partial charge is 0.464 e. The number of carbonyl (C=O) groups is 2. The highest BCUT2D eigenvalue weighted by atomic mass is 16.5. The average Bonchev–Trinajstić information content (AvgIpc) is 2.66. The van der Waals surface area contributed by atoms with E-state index < -0.39 is 6.04 Å². The maximum Gasteiger partial charge on any atom is 0.323 e. The van der Waals surface area contributed by atoms with Gasteiger partial charge in [-0.3, -0.25) is 14.5 Å². The Morgan fingerprint density at radius 3 is 2.55 bits per heavy atom. The number of nitrogens with one attached hydrogen (secondary N) is 2. The van der Waals surface area contributed by atoms with Gasteiger partial charge in [0, 0.05) is 14.1 Å². The molecule has 108 valence electrons. The van der Waals surface area contributed by atoms with Crippen LogP contribution in [0.5, 0.6) is 6.01 Å². The Morgan fingerprint density at radius 2 is 2.00 bits per heavy atom. The van der Waals surface area contributed by atoms with Crippen LogP contribution >= 0.6 is 0 Å². The SMILES string of the molecule is CCOc1nc(NC)nc(NC2CC(=O)N(C)C2=O)n1. The number of ether oxygens (including phenoxy) is 1. The summed E-state index contributed by atoms with van der Waals surface area (Å²) in [4.78, 5) is 36.5. The molecule has 2 rings (SSSR count). The van der Waals surface area contributed by atoms with Crippen molar-refractivity contribution < 1.29 is 14.3 Å². The highest BCUT2D eigenvalue weighted by Crippen LogP contribution is 2.17. The monoisotopic (exact) mass is 280 g/mol. The summed E-state index contributed by atoms with van der Waals surface area (Å²) in [5.41, 5.74) is 0. The summed E-state index contributed by atoms with van der Waals surface area (Å²) in [5, 5.41) is 5.61. The van der Waals surface area contributed by atoms with E-state index in [1.54, 1.807) is 7.05 Å². The molecule has 9 heteroatoms. The molecule has 0 aliphatic carbocycles. The van der Waals surface area contributed by atoms with Crippen LogP contribution in [0.4, 0.5) is 11.9 Å². The van der Waals surface area contributed by atoms with Gasteiger partial charge in [0.1, 0.15) is 6.04 Å². The summed E-state index contributed by atoms with van der Waals surface area (Å²) in [6.45, 7) is 2.22. The minimum atomic E-state index is -0.658. The fourth-order valence-electron chi connectivity index (χ4n) is 1.75. The molecule has 0 aromatic carbocycles. The zero-order valence-electron chi connectivity index (χ0n) is 11.5. The quantitative estimate of drug-likeness (QED) is 0.693. The zero-order chi connectivity index (χ0) is 14.7. The third kappa shape index (κ3) is 2.76. The summed E-state index contributed by atoms with van der Waals surface area (Å²) in [5.74, 6) is -0.0369. The summed E-state index contributed by atoms with van der Waals surface area (Å²) >= 11 is 0. The molecule has 1 aromatic heterocycles. The number of hydrogen-bond donors (Lipinski definition) is 2. The van der Waals surface area contributed by atoms with Crippen LogP contribution < -0.4 is 15.4 Å². The van der Waals surface area contributed by atoms with E-state index in [9.17, 15) is 9.59 Å². The highest BCUT2D eigenvalue weighted by Gasteiger charge is 2.36. The van der Waals surface area contributed by atoms with Crippen LogP contribution in [-0.4, -0.2) is 58.4 Å². The molecule has 20 heavy (non-hydrogen) atoms. The lowest BCUT2D eigenvalue weighted by atomic mass is 10.2. The van der Waals surface area contributed by atoms with Gasteiger partial charge in [0.05, 0.1) is 13.0 Å². The van der Waals surface area contributed by atoms with Crippen molar-refractivity contribution in [1.82, 2.24) is 19.9 Å². The molecule has 1 aliphatic rings. The summed E-state index contributed by atoms with van der Waals surface area (Å²) in [6, 6.07) is -0.506. The molecule has 1 aliphatic heterocycles. The minimum absolute atomic E-state index is 0.0832. The Kier molecular flexibility index (Phi) is 3.97. The first-order chi connectivity index (χ1) is 9.55. The molecule has 0 saturated carbocycles. The first kappa shape index (κ1) is 14.0. The van der Waals surface area contributed by atoms with E-state index in [2.05, 4.69) is 25.6 Å². The van der Waals surface area contributed by atoms with Gasteiger partial charge in [-0.25, -0.2) is 0 Å². The normalized spacial score (nSPS) is 18.4. The van der Waals surface area contributed by atoms with Crippen molar-refractivity contribution in [2.24, 2.45) is 0 Å². The number of likely N-dealkylation sites (N-methyl/N-ethyl adjacent to an activating group) is 1. The Balaban J connectivity index is 2.18. The Morgan fingerprint density at radius 1 is 1.30 bits per heavy atom. The van der Waals surface area contributed by atoms with Crippen molar-refractivity contribution >= 4 is 23.7 Å². The van der Waals surface area contributed by atoms with Crippen LogP contribution in [0.2, 0.25) is 0 Å². The standard InChI is InChI=1S/C11H16N6O3/c1-4-20-11-15-9(12-2)14-10(16-11)13-6-5-7(18)17(3)8(6)19/h6H,4-5H2,1-3H3,(H2,12,13,14,15,16). The number of likely N-dealkylation sites (tertiary alicyclic amines) is 1. The van der Waals surface area contributed by atoms with Gasteiger partial charge in [-0.15, -0.1) is 0 Å². The number of hydrogen-bond acceptors (Lipinski definition) is 8. The minimum Gasteiger partial charge on any atom is -0.464 e. The molecular formula is C11H16N6O3. The van der Waals surface area contributed by atoms with Gasteiger partial charge >= 0.3 is 6.01 Å². The summed E-state index contributed by atoms with van der Waals surface area (Å²) in [6.07, 6.45) is 0.0832. The predicted octanol–water partition coefficient (Wildman–Crippen LogP) is -0.519. The van der Waals surface area contributed by atoms with Gasteiger partial charge in [-0.2, -0.15) is 15.0 Å². The van der Waals surface area contributed by atoms with Crippen LogP contribution in [0.15, 0.2) is 0 Å². The van der Waals surface area contributed by atoms with Crippen LogP contribution in [0.1, 0.15) is 13.3 Å². The summed E-state index contributed by atoms with van der Waals surface area (Å²) < 4.78 is 5.22. The van der Waals surface area contributed by atoms with Gasteiger partial charge < -0.3 is 15.4 Å². The number of rotatable bonds is 5. The topological polar surface area (TPSA) is 109 Å². The number of nitrogens with zero attached hydrogens (tertiary/aromatic N) is 4. The second-order valence-corrected chi connectivity index (χ2v) is 4.14. The number of carbonyl (C=O) groups excluding carboxylic acids is 2. The van der Waals surface area contributed by atoms with Crippen LogP contribution in [0.25, 0.3) is 0 Å². The van der Waals surface area contributed by atoms with Gasteiger partial charge in [-0.1, -0.05) is 0 Å². The maximum absolute atomic E-state index is 11.8. The third-order valence-electron chi connectivity index (χ3n) is 2.80. The smallest absolute Gasteiger partial charge is 0.323 e. The molecule has 0 radical (unpaired) electrons. The summed E-state index contributed by atoms with van der Waals surface area (Å²) in [7, 11) is 3.11. The van der Waals surface area contributed by atoms with Gasteiger partial charge in [0.15, 0.2) is 0 Å². The van der Waals surface area contributed by atoms with E-state index in [4.69, 9.17) is 4.74 Å². The molecule has 2 N–H and O–H groups in total. The lowest BCUT2D eigenvalue weighted by Gasteiger charge is -2.12. The van der Waals surface area contributed by atoms with Crippen LogP contribution in [-0.2, 0) is 9.59 Å². The molecule has 1 aromatic rings.